The van der Waals surface area contributed by atoms with Crippen LogP contribution in [-0.2, 0) is 0 Å². The minimum Gasteiger partial charge on any atom is -0.362 e. The lowest BCUT2D eigenvalue weighted by Gasteiger charge is -2.23. The van der Waals surface area contributed by atoms with E-state index in [-0.39, 0.29) is 0 Å². The van der Waals surface area contributed by atoms with E-state index >= 15 is 0 Å². The van der Waals surface area contributed by atoms with Gasteiger partial charge in [-0.3, -0.25) is 0 Å². The van der Waals surface area contributed by atoms with Gasteiger partial charge in [0.2, 0.25) is 0 Å². The highest BCUT2D eigenvalue weighted by molar-refractivity contribution is 5.76. The van der Waals surface area contributed by atoms with Crippen LogP contribution in [0.1, 0.15) is 30.7 Å². The summed E-state index contributed by atoms with van der Waals surface area (Å²) in [6.45, 7) is 0. The maximum absolute atomic E-state index is 4.78. The average Bonchev–Trinajstić information content (AvgIpc) is 3.18. The van der Waals surface area contributed by atoms with E-state index in [1.807, 2.05) is 0 Å². The summed E-state index contributed by atoms with van der Waals surface area (Å²) in [5, 5.41) is 3.73. The van der Waals surface area contributed by atoms with Gasteiger partial charge in [-0.25, -0.2) is 4.98 Å². The molecule has 22 heavy (non-hydrogen) atoms. The van der Waals surface area contributed by atoms with Crippen LogP contribution in [0.2, 0.25) is 0 Å². The van der Waals surface area contributed by atoms with Crippen LogP contribution in [0.25, 0.3) is 11.1 Å². The molecule has 114 valence electrons. The third kappa shape index (κ3) is 2.30. The van der Waals surface area contributed by atoms with Gasteiger partial charge in [0, 0.05) is 43.9 Å². The highest BCUT2D eigenvalue weighted by atomic mass is 15.1. The maximum Gasteiger partial charge on any atom is 0.135 e. The Morgan fingerprint density at radius 2 is 1.95 bits per heavy atom. The third-order valence-corrected chi connectivity index (χ3v) is 5.12. The Bertz CT molecular complexity index is 666. The van der Waals surface area contributed by atoms with Crippen molar-refractivity contribution < 1.29 is 0 Å². The highest BCUT2D eigenvalue weighted by Gasteiger charge is 2.40. The fourth-order valence-electron chi connectivity index (χ4n) is 4.06. The lowest BCUT2D eigenvalue weighted by Crippen LogP contribution is -2.22. The Morgan fingerprint density at radius 1 is 1.14 bits per heavy atom. The van der Waals surface area contributed by atoms with Crippen molar-refractivity contribution in [2.75, 3.05) is 19.0 Å². The Morgan fingerprint density at radius 3 is 2.59 bits per heavy atom. The summed E-state index contributed by atoms with van der Waals surface area (Å²) in [5.41, 5.74) is 3.88. The number of fused-ring (bicyclic) bond motifs is 2. The van der Waals surface area contributed by atoms with E-state index in [1.165, 1.54) is 36.0 Å². The molecule has 2 bridgehead atoms. The van der Waals surface area contributed by atoms with Crippen molar-refractivity contribution in [2.45, 2.75) is 37.3 Å². The van der Waals surface area contributed by atoms with Gasteiger partial charge in [0.05, 0.1) is 0 Å². The molecule has 1 aromatic carbocycles. The van der Waals surface area contributed by atoms with Crippen LogP contribution in [0, 0.1) is 0 Å². The predicted octanol–water partition coefficient (Wildman–Crippen LogP) is 3.42. The molecule has 2 aliphatic rings. The maximum atomic E-state index is 4.78. The zero-order chi connectivity index (χ0) is 15.1. The number of anilines is 1. The lowest BCUT2D eigenvalue weighted by atomic mass is 9.84. The van der Waals surface area contributed by atoms with Gasteiger partial charge in [0.15, 0.2) is 0 Å². The molecule has 1 aromatic heterocycles. The summed E-state index contributed by atoms with van der Waals surface area (Å²) in [5.74, 6) is 1.68. The molecule has 2 saturated heterocycles. The van der Waals surface area contributed by atoms with Crippen molar-refractivity contribution in [3.63, 3.8) is 0 Å². The Kier molecular flexibility index (Phi) is 3.38. The zero-order valence-electron chi connectivity index (χ0n) is 13.3. The summed E-state index contributed by atoms with van der Waals surface area (Å²) in [4.78, 5) is 6.88. The first-order valence-corrected chi connectivity index (χ1v) is 8.21. The van der Waals surface area contributed by atoms with E-state index in [0.29, 0.717) is 12.0 Å². The zero-order valence-corrected chi connectivity index (χ0v) is 13.3. The largest absolute Gasteiger partial charge is 0.362 e. The minimum atomic E-state index is 0.630. The van der Waals surface area contributed by atoms with Gasteiger partial charge in [-0.15, -0.1) is 0 Å². The molecule has 4 rings (SSSR count). The third-order valence-electron chi connectivity index (χ3n) is 5.12. The molecule has 3 nitrogen and oxygen atoms in total. The quantitative estimate of drug-likeness (QED) is 0.940. The SMILES string of the molecule is CN(C)c1ncc([C@H]2C[C@@H]3CC[C@H]2N3)cc1-c1ccccc1. The van der Waals surface area contributed by atoms with Gasteiger partial charge >= 0.3 is 0 Å². The van der Waals surface area contributed by atoms with Crippen LogP contribution >= 0.6 is 0 Å². The number of nitrogens with one attached hydrogen (secondary N) is 1. The fraction of sp³-hybridized carbons (Fsp3) is 0.421. The van der Waals surface area contributed by atoms with Crippen molar-refractivity contribution in [1.29, 1.82) is 0 Å². The Balaban J connectivity index is 1.76. The molecule has 3 heteroatoms. The molecular formula is C19H23N3. The van der Waals surface area contributed by atoms with Crippen molar-refractivity contribution >= 4 is 5.82 Å². The summed E-state index contributed by atoms with van der Waals surface area (Å²) < 4.78 is 0. The van der Waals surface area contributed by atoms with Crippen molar-refractivity contribution in [3.05, 3.63) is 48.2 Å². The first-order chi connectivity index (χ1) is 10.7. The second kappa shape index (κ2) is 5.40. The van der Waals surface area contributed by atoms with Gasteiger partial charge in [-0.05, 0) is 36.5 Å². The summed E-state index contributed by atoms with van der Waals surface area (Å²) in [7, 11) is 4.13. The van der Waals surface area contributed by atoms with Gasteiger partial charge in [-0.2, -0.15) is 0 Å². The van der Waals surface area contributed by atoms with Gasteiger partial charge in [-0.1, -0.05) is 30.3 Å². The fourth-order valence-corrected chi connectivity index (χ4v) is 4.06. The highest BCUT2D eigenvalue weighted by Crippen LogP contribution is 2.41. The molecule has 0 saturated carbocycles. The molecule has 2 fully saturated rings. The molecule has 0 spiro atoms. The number of pyridine rings is 1. The van der Waals surface area contributed by atoms with Crippen LogP contribution in [0.5, 0.6) is 0 Å². The van der Waals surface area contributed by atoms with Gasteiger partial charge in [0.1, 0.15) is 5.82 Å². The second-order valence-corrected chi connectivity index (χ2v) is 6.79. The number of hydrogen-bond acceptors (Lipinski definition) is 3. The second-order valence-electron chi connectivity index (χ2n) is 6.79. The smallest absolute Gasteiger partial charge is 0.135 e. The number of benzene rings is 1. The Labute approximate surface area is 132 Å². The van der Waals surface area contributed by atoms with Crippen molar-refractivity contribution in [2.24, 2.45) is 0 Å². The number of aromatic nitrogens is 1. The van der Waals surface area contributed by atoms with Crippen molar-refractivity contribution in [1.82, 2.24) is 10.3 Å². The van der Waals surface area contributed by atoms with E-state index in [9.17, 15) is 0 Å². The first kappa shape index (κ1) is 13.8. The number of rotatable bonds is 3. The van der Waals surface area contributed by atoms with Crippen LogP contribution < -0.4 is 10.2 Å². The van der Waals surface area contributed by atoms with Crippen LogP contribution in [0.3, 0.4) is 0 Å². The van der Waals surface area contributed by atoms with E-state index < -0.39 is 0 Å². The molecule has 0 radical (unpaired) electrons. The first-order valence-electron chi connectivity index (χ1n) is 8.21. The van der Waals surface area contributed by atoms with Gasteiger partial charge in [0.25, 0.3) is 0 Å². The molecule has 0 amide bonds. The normalized spacial score (nSPS) is 26.4. The summed E-state index contributed by atoms with van der Waals surface area (Å²) in [6, 6.07) is 14.4. The standard InChI is InChI=1S/C19H23N3/c1-22(2)19-17(13-6-4-3-5-7-13)10-14(12-20-19)16-11-15-8-9-18(16)21-15/h3-7,10,12,15-16,18,21H,8-9,11H2,1-2H3/t15-,16+,18+/m0/s1. The van der Waals surface area contributed by atoms with E-state index in [0.717, 1.165) is 11.9 Å². The molecule has 0 aliphatic carbocycles. The van der Waals surface area contributed by atoms with Gasteiger partial charge < -0.3 is 10.2 Å². The molecule has 3 heterocycles. The minimum absolute atomic E-state index is 0.630. The van der Waals surface area contributed by atoms with Crippen LogP contribution in [0.15, 0.2) is 42.6 Å². The molecular weight excluding hydrogens is 270 g/mol. The topological polar surface area (TPSA) is 28.2 Å². The Hall–Kier alpha value is -1.87. The van der Waals surface area contributed by atoms with Crippen LogP contribution in [0.4, 0.5) is 5.82 Å². The molecule has 0 unspecified atom stereocenters. The van der Waals surface area contributed by atoms with Crippen LogP contribution in [-0.4, -0.2) is 31.2 Å². The molecule has 2 aliphatic heterocycles. The lowest BCUT2D eigenvalue weighted by molar-refractivity contribution is 0.505. The van der Waals surface area contributed by atoms with E-state index in [2.05, 4.69) is 66.9 Å². The predicted molar refractivity (Wildman–Crippen MR) is 91.3 cm³/mol. The number of hydrogen-bond donors (Lipinski definition) is 1. The van der Waals surface area contributed by atoms with E-state index in [1.54, 1.807) is 0 Å². The summed E-state index contributed by atoms with van der Waals surface area (Å²) >= 11 is 0. The molecule has 3 atom stereocenters. The average molecular weight is 293 g/mol. The monoisotopic (exact) mass is 293 g/mol. The number of nitrogens with zero attached hydrogens (tertiary/aromatic N) is 2. The molecule has 2 aromatic rings. The van der Waals surface area contributed by atoms with E-state index in [4.69, 9.17) is 4.98 Å². The summed E-state index contributed by atoms with van der Waals surface area (Å²) in [6.07, 6.45) is 6.01. The molecule has 1 N–H and O–H groups in total. The van der Waals surface area contributed by atoms with Crippen molar-refractivity contribution in [3.8, 4) is 11.1 Å².